The van der Waals surface area contributed by atoms with Crippen LogP contribution in [0.25, 0.3) is 32.3 Å². The van der Waals surface area contributed by atoms with Crippen LogP contribution in [0.2, 0.25) is 0 Å². The summed E-state index contributed by atoms with van der Waals surface area (Å²) in [6.07, 6.45) is 0. The molecule has 41 nitrogen and oxygen atoms in total. The van der Waals surface area contributed by atoms with E-state index in [1.54, 1.807) is 0 Å². The van der Waals surface area contributed by atoms with Gasteiger partial charge in [-0.3, -0.25) is 32.9 Å². The van der Waals surface area contributed by atoms with E-state index in [4.69, 9.17) is 21.5 Å². The normalized spacial score (nSPS) is 12.9. The van der Waals surface area contributed by atoms with E-state index in [9.17, 15) is 90.3 Å². The molecule has 49 heteroatoms. The first-order chi connectivity index (χ1) is 45.6. The number of fused-ring (bicyclic) bond motifs is 3. The van der Waals surface area contributed by atoms with Crippen LogP contribution in [0.5, 0.6) is 17.2 Å². The fraction of sp³-hybridized carbons (Fsp3) is 0. The van der Waals surface area contributed by atoms with Crippen LogP contribution in [0.1, 0.15) is 0 Å². The van der Waals surface area contributed by atoms with Gasteiger partial charge in [-0.1, -0.05) is 15.1 Å². The molecule has 0 bridgehead atoms. The van der Waals surface area contributed by atoms with E-state index in [0.717, 1.165) is 66.7 Å². The molecule has 0 unspecified atom stereocenters. The van der Waals surface area contributed by atoms with Gasteiger partial charge in [0.1, 0.15) is 53.7 Å². The van der Waals surface area contributed by atoms with Crippen molar-refractivity contribution in [2.75, 3.05) is 5.73 Å². The van der Waals surface area contributed by atoms with Crippen LogP contribution < -0.4 is 5.73 Å². The SMILES string of the molecule is Nc1c(N=Nc2ccc3c(O)c(N=Nc4ccc5c(O)c(N=Nc6ccc(N=Nc7ccc(S(=O)(=O)O)cc7)cc6SOOO)c(S(=O)(=O)O)cc5c4)c(S(=O)(=O)O)cc3c2S(=O)(=O)O)cc(S(=O)(=O)O)c2cc(SOOO)c(N=Nc3ccc(SOOO)cc3[N+](=O)[O-])c(O)c12. The zero-order valence-electron chi connectivity index (χ0n) is 46.5. The average Bonchev–Trinajstić information content (AvgIpc) is 0.750. The fourth-order valence-corrected chi connectivity index (χ4v) is 13.2. The number of benzene rings is 9. The van der Waals surface area contributed by atoms with E-state index >= 15 is 0 Å². The Labute approximate surface area is 551 Å². The molecule has 97 heavy (non-hydrogen) atoms. The molecule has 0 saturated heterocycles. The van der Waals surface area contributed by atoms with Gasteiger partial charge in [-0.25, -0.2) is 15.8 Å². The summed E-state index contributed by atoms with van der Waals surface area (Å²) in [4.78, 5) is 5.03. The number of nitrogens with two attached hydrogens (primary N) is 1. The zero-order valence-corrected chi connectivity index (χ0v) is 53.0. The number of nitrogens with zero attached hydrogens (tertiary/aromatic N) is 11. The molecule has 0 radical (unpaired) electrons. The summed E-state index contributed by atoms with van der Waals surface area (Å²) in [5.74, 6) is -3.36. The van der Waals surface area contributed by atoms with E-state index in [2.05, 4.69) is 79.3 Å². The molecular weight excluding hydrogens is 1470 g/mol. The molecule has 0 saturated carbocycles. The lowest BCUT2D eigenvalue weighted by Gasteiger charge is -2.15. The highest BCUT2D eigenvalue weighted by Crippen LogP contribution is 2.52. The van der Waals surface area contributed by atoms with Gasteiger partial charge >= 0.3 is 0 Å². The maximum atomic E-state index is 13.2. The van der Waals surface area contributed by atoms with Gasteiger partial charge in [0.25, 0.3) is 56.3 Å². The lowest BCUT2D eigenvalue weighted by atomic mass is 10.0. The van der Waals surface area contributed by atoms with Gasteiger partial charge in [-0.2, -0.15) is 57.4 Å². The van der Waals surface area contributed by atoms with Gasteiger partial charge in [-0.05, 0) is 115 Å². The smallest absolute Gasteiger partial charge is 0.297 e. The molecule has 0 amide bonds. The second-order valence-corrected chi connectivity index (χ2v) is 27.7. The number of hydrogen-bond donors (Lipinski definition) is 12. The zero-order chi connectivity index (χ0) is 70.7. The number of nitro benzene ring substituents is 1. The topological polar surface area (TPSA) is 641 Å². The molecule has 0 aliphatic heterocycles. The van der Waals surface area contributed by atoms with Crippen LogP contribution in [-0.4, -0.2) is 101 Å². The monoisotopic (exact) mass is 1500 g/mol. The molecule has 9 rings (SSSR count). The van der Waals surface area contributed by atoms with Gasteiger partial charge in [0.2, 0.25) is 0 Å². The van der Waals surface area contributed by atoms with Gasteiger partial charge in [0, 0.05) is 32.5 Å². The Morgan fingerprint density at radius 1 is 0.412 bits per heavy atom. The number of phenols is 3. The number of hydrogen-bond acceptors (Lipinski definition) is 38. The van der Waals surface area contributed by atoms with E-state index in [-0.39, 0.29) is 55.4 Å². The molecule has 0 aliphatic carbocycles. The highest BCUT2D eigenvalue weighted by molar-refractivity contribution is 7.95. The lowest BCUT2D eigenvalue weighted by Crippen LogP contribution is -2.03. The van der Waals surface area contributed by atoms with E-state index < -0.39 is 169 Å². The van der Waals surface area contributed by atoms with Crippen molar-refractivity contribution in [3.63, 3.8) is 0 Å². The number of rotatable bonds is 25. The number of anilines is 1. The first kappa shape index (κ1) is 71.9. The Morgan fingerprint density at radius 3 is 1.53 bits per heavy atom. The van der Waals surface area contributed by atoms with E-state index in [0.29, 0.717) is 36.2 Å². The lowest BCUT2D eigenvalue weighted by molar-refractivity contribution is -0.432. The summed E-state index contributed by atoms with van der Waals surface area (Å²) >= 11 is 0.677. The molecule has 0 fully saturated rings. The van der Waals surface area contributed by atoms with E-state index in [1.165, 1.54) is 36.4 Å². The van der Waals surface area contributed by atoms with Crippen molar-refractivity contribution in [1.82, 2.24) is 0 Å². The van der Waals surface area contributed by atoms with Crippen LogP contribution in [0.4, 0.5) is 68.2 Å². The average molecular weight is 1500 g/mol. The third-order valence-electron chi connectivity index (χ3n) is 12.6. The van der Waals surface area contributed by atoms with Crippen LogP contribution in [-0.2, 0) is 78.7 Å². The van der Waals surface area contributed by atoms with Crippen molar-refractivity contribution >= 4 is 187 Å². The number of aromatic hydroxyl groups is 3. The maximum Gasteiger partial charge on any atom is 0.297 e. The summed E-state index contributed by atoms with van der Waals surface area (Å²) in [5.41, 5.74) is -0.540. The number of nitro groups is 1. The minimum absolute atomic E-state index is 0.00975. The van der Waals surface area contributed by atoms with Gasteiger partial charge < -0.3 is 21.1 Å². The predicted molar refractivity (Wildman–Crippen MR) is 329 cm³/mol. The first-order valence-corrected chi connectivity index (χ1v) is 34.2. The molecule has 13 N–H and O–H groups in total. The maximum absolute atomic E-state index is 13.2. The standard InChI is InChI=1S/C48H32N12O29S8/c49-41-33(19-37(94(72,73)74)29-17-36(92-89-86-68)42(47(63)40(29)41)57-53-30-11-5-24(90-87-84-66)16-34(30)60(64)65)56-55-32-12-9-27-28(48(32)97(81,82)83)18-39(96(78,79)80)44(46(27)62)58-52-22-3-8-26-20(13-22)14-38(95(75,76)77)43(45(26)61)59-54-31-10-4-23(15-35(31)91-88-85-67)51-50-21-1-6-25(7-2-21)93(69,70)71/h1-19,61-63,66-68H,49H2,(H,69,70,71)(H,72,73,74)(H,75,76,77)(H,78,79,80)(H,81,82,83). The van der Waals surface area contributed by atoms with Crippen molar-refractivity contribution in [3.8, 4) is 17.2 Å². The molecule has 0 aromatic heterocycles. The van der Waals surface area contributed by atoms with Crippen LogP contribution in [0, 0.1) is 10.1 Å². The van der Waals surface area contributed by atoms with E-state index in [1.807, 2.05) is 0 Å². The minimum atomic E-state index is -5.71. The number of azo groups is 5. The third-order valence-corrected chi connectivity index (χ3v) is 18.9. The Morgan fingerprint density at radius 2 is 0.907 bits per heavy atom. The predicted octanol–water partition coefficient (Wildman–Crippen LogP) is 13.3. The fourth-order valence-electron chi connectivity index (χ4n) is 8.57. The molecule has 0 heterocycles. The highest BCUT2D eigenvalue weighted by atomic mass is 32.2. The largest absolute Gasteiger partial charge is 0.505 e. The summed E-state index contributed by atoms with van der Waals surface area (Å²) in [6.45, 7) is 0. The summed E-state index contributed by atoms with van der Waals surface area (Å²) in [7, 11) is -26.7. The molecule has 0 spiro atoms. The van der Waals surface area contributed by atoms with Crippen molar-refractivity contribution in [2.24, 2.45) is 51.1 Å². The molecule has 0 aliphatic rings. The number of nitrogen functional groups attached to an aromatic ring is 1. The van der Waals surface area contributed by atoms with Crippen LogP contribution in [0.15, 0.2) is 206 Å². The highest BCUT2D eigenvalue weighted by Gasteiger charge is 2.31. The quantitative estimate of drug-likeness (QED) is 0.00481. The van der Waals surface area contributed by atoms with Gasteiger partial charge in [0.05, 0.1) is 83.9 Å². The molecule has 9 aromatic carbocycles. The van der Waals surface area contributed by atoms with Crippen molar-refractivity contribution in [1.29, 1.82) is 0 Å². The number of phenolic OH excluding ortho intramolecular Hbond substituents is 3. The first-order valence-electron chi connectivity index (χ1n) is 24.8. The molecule has 0 atom stereocenters. The Balaban J connectivity index is 1.09. The van der Waals surface area contributed by atoms with Gasteiger partial charge in [0.15, 0.2) is 22.9 Å². The Bertz CT molecular complexity index is 5500. The van der Waals surface area contributed by atoms with Crippen molar-refractivity contribution in [2.45, 2.75) is 39.2 Å². The second-order valence-electron chi connectivity index (χ2n) is 18.5. The Kier molecular flexibility index (Phi) is 21.3. The summed E-state index contributed by atoms with van der Waals surface area (Å²) in [6, 6.07) is 18.6. The van der Waals surface area contributed by atoms with Crippen molar-refractivity contribution in [3.05, 3.63) is 125 Å². The molecule has 9 aromatic rings. The molecule has 506 valence electrons. The summed E-state index contributed by atoms with van der Waals surface area (Å²) in [5, 5.41) is 119. The van der Waals surface area contributed by atoms with Gasteiger partial charge in [-0.15, -0.1) is 48.8 Å². The van der Waals surface area contributed by atoms with Crippen LogP contribution in [0.3, 0.4) is 0 Å². The molecular formula is C48H32N12O29S8. The second kappa shape index (κ2) is 28.7. The van der Waals surface area contributed by atoms with Crippen LogP contribution >= 0.6 is 36.1 Å². The summed E-state index contributed by atoms with van der Waals surface area (Å²) < 4.78 is 191. The minimum Gasteiger partial charge on any atom is -0.505 e. The van der Waals surface area contributed by atoms with Crippen molar-refractivity contribution < 1.29 is 129 Å². The Hall–Kier alpha value is -9.40. The third kappa shape index (κ3) is 16.2.